The van der Waals surface area contributed by atoms with E-state index in [1.807, 2.05) is 17.3 Å². The third-order valence-electron chi connectivity index (χ3n) is 2.42. The zero-order chi connectivity index (χ0) is 13.8. The van der Waals surface area contributed by atoms with Crippen LogP contribution in [0.2, 0.25) is 0 Å². The van der Waals surface area contributed by atoms with Crippen molar-refractivity contribution in [3.8, 4) is 0 Å². The van der Waals surface area contributed by atoms with Crippen molar-refractivity contribution < 1.29 is 9.53 Å². The number of halogens is 1. The highest BCUT2D eigenvalue weighted by atomic mass is 79.9. The number of nitrogens with zero attached hydrogens (tertiary/aromatic N) is 3. The Morgan fingerprint density at radius 2 is 2.32 bits per heavy atom. The molecule has 0 atom stereocenters. The number of anilines is 1. The maximum absolute atomic E-state index is 11.4. The summed E-state index contributed by atoms with van der Waals surface area (Å²) in [6, 6.07) is 2.05. The molecule has 0 N–H and O–H groups in total. The van der Waals surface area contributed by atoms with Gasteiger partial charge < -0.3 is 9.64 Å². The van der Waals surface area contributed by atoms with E-state index in [1.165, 1.54) is 18.2 Å². The molecule has 2 aromatic heterocycles. The van der Waals surface area contributed by atoms with Crippen molar-refractivity contribution in [3.05, 3.63) is 38.9 Å². The van der Waals surface area contributed by atoms with Gasteiger partial charge in [-0.15, -0.1) is 11.3 Å². The normalized spacial score (nSPS) is 10.3. The van der Waals surface area contributed by atoms with E-state index in [1.54, 1.807) is 17.5 Å². The number of thiophene rings is 1. The van der Waals surface area contributed by atoms with E-state index in [2.05, 4.69) is 36.7 Å². The lowest BCUT2D eigenvalue weighted by Gasteiger charge is -2.16. The first-order valence-electron chi connectivity index (χ1n) is 5.44. The molecule has 5 nitrogen and oxygen atoms in total. The standard InChI is InChI=1S/C12H12BrN3O2S/c1-16(6-9-3-8(13)7-19-9)11-5-14-4-10(15-11)12(17)18-2/h3-5,7H,6H2,1-2H3. The van der Waals surface area contributed by atoms with E-state index in [4.69, 9.17) is 0 Å². The minimum Gasteiger partial charge on any atom is -0.464 e. The Bertz CT molecular complexity index is 588. The fourth-order valence-corrected chi connectivity index (χ4v) is 3.00. The summed E-state index contributed by atoms with van der Waals surface area (Å²) in [5.74, 6) is 0.147. The molecule has 2 aromatic rings. The molecule has 2 heterocycles. The number of carbonyl (C=O) groups excluding carboxylic acids is 1. The Labute approximate surface area is 123 Å². The Balaban J connectivity index is 2.14. The van der Waals surface area contributed by atoms with Crippen LogP contribution in [0.3, 0.4) is 0 Å². The molecule has 100 valence electrons. The number of aromatic nitrogens is 2. The van der Waals surface area contributed by atoms with Crippen molar-refractivity contribution in [2.75, 3.05) is 19.1 Å². The zero-order valence-electron chi connectivity index (χ0n) is 10.5. The number of rotatable bonds is 4. The quantitative estimate of drug-likeness (QED) is 0.800. The molecule has 0 unspecified atom stereocenters. The molecule has 0 saturated carbocycles. The highest BCUT2D eigenvalue weighted by molar-refractivity contribution is 9.10. The van der Waals surface area contributed by atoms with E-state index in [0.29, 0.717) is 12.4 Å². The first kappa shape index (κ1) is 14.0. The van der Waals surface area contributed by atoms with E-state index in [0.717, 1.165) is 4.47 Å². The smallest absolute Gasteiger partial charge is 0.358 e. The van der Waals surface area contributed by atoms with Crippen LogP contribution in [0.4, 0.5) is 5.82 Å². The summed E-state index contributed by atoms with van der Waals surface area (Å²) in [5.41, 5.74) is 0.208. The second-order valence-corrected chi connectivity index (χ2v) is 5.75. The highest BCUT2D eigenvalue weighted by Crippen LogP contribution is 2.22. The van der Waals surface area contributed by atoms with Crippen LogP contribution < -0.4 is 4.90 Å². The summed E-state index contributed by atoms with van der Waals surface area (Å²) >= 11 is 5.08. The highest BCUT2D eigenvalue weighted by Gasteiger charge is 2.11. The summed E-state index contributed by atoms with van der Waals surface area (Å²) in [4.78, 5) is 22.8. The van der Waals surface area contributed by atoms with E-state index in [9.17, 15) is 4.79 Å². The molecule has 0 amide bonds. The zero-order valence-corrected chi connectivity index (χ0v) is 12.9. The first-order chi connectivity index (χ1) is 9.10. The molecule has 0 fully saturated rings. The number of esters is 1. The van der Waals surface area contributed by atoms with Crippen molar-refractivity contribution in [1.29, 1.82) is 0 Å². The van der Waals surface area contributed by atoms with Crippen molar-refractivity contribution in [3.63, 3.8) is 0 Å². The average Bonchev–Trinajstić information content (AvgIpc) is 2.83. The van der Waals surface area contributed by atoms with Gasteiger partial charge in [-0.1, -0.05) is 0 Å². The van der Waals surface area contributed by atoms with Crippen LogP contribution in [0.25, 0.3) is 0 Å². The lowest BCUT2D eigenvalue weighted by atomic mass is 10.4. The van der Waals surface area contributed by atoms with E-state index < -0.39 is 5.97 Å². The molecule has 0 aliphatic carbocycles. The molecule has 0 aromatic carbocycles. The third kappa shape index (κ3) is 3.51. The van der Waals surface area contributed by atoms with Crippen molar-refractivity contribution in [2.24, 2.45) is 0 Å². The number of hydrogen-bond donors (Lipinski definition) is 0. The van der Waals surface area contributed by atoms with Gasteiger partial charge in [-0.25, -0.2) is 9.78 Å². The van der Waals surface area contributed by atoms with Gasteiger partial charge in [0.15, 0.2) is 5.69 Å². The second kappa shape index (κ2) is 6.12. The minimum atomic E-state index is -0.485. The molecule has 0 bridgehead atoms. The molecule has 2 rings (SSSR count). The molecule has 0 saturated heterocycles. The number of methoxy groups -OCH3 is 1. The Kier molecular flexibility index (Phi) is 4.49. The monoisotopic (exact) mass is 341 g/mol. The van der Waals surface area contributed by atoms with Crippen LogP contribution in [0.5, 0.6) is 0 Å². The summed E-state index contributed by atoms with van der Waals surface area (Å²) in [7, 11) is 3.22. The van der Waals surface area contributed by atoms with Gasteiger partial charge in [0.1, 0.15) is 5.82 Å². The lowest BCUT2D eigenvalue weighted by molar-refractivity contribution is 0.0593. The maximum atomic E-state index is 11.4. The Hall–Kier alpha value is -1.47. The van der Waals surface area contributed by atoms with Crippen LogP contribution in [-0.2, 0) is 11.3 Å². The molecular weight excluding hydrogens is 330 g/mol. The molecule has 0 aliphatic heterocycles. The molecule has 7 heteroatoms. The fraction of sp³-hybridized carbons (Fsp3) is 0.250. The van der Waals surface area contributed by atoms with Crippen LogP contribution in [0.15, 0.2) is 28.3 Å². The lowest BCUT2D eigenvalue weighted by Crippen LogP contribution is -2.18. The van der Waals surface area contributed by atoms with E-state index in [-0.39, 0.29) is 5.69 Å². The summed E-state index contributed by atoms with van der Waals surface area (Å²) in [6.07, 6.45) is 3.01. The van der Waals surface area contributed by atoms with Crippen LogP contribution in [0, 0.1) is 0 Å². The number of ether oxygens (including phenoxy) is 1. The SMILES string of the molecule is COC(=O)c1cncc(N(C)Cc2cc(Br)cs2)n1. The Morgan fingerprint density at radius 3 is 2.95 bits per heavy atom. The van der Waals surface area contributed by atoms with Crippen molar-refractivity contribution in [2.45, 2.75) is 6.54 Å². The van der Waals surface area contributed by atoms with Crippen LogP contribution in [0.1, 0.15) is 15.4 Å². The summed E-state index contributed by atoms with van der Waals surface area (Å²) < 4.78 is 5.69. The van der Waals surface area contributed by atoms with Crippen LogP contribution in [-0.4, -0.2) is 30.1 Å². The minimum absolute atomic E-state index is 0.208. The van der Waals surface area contributed by atoms with Gasteiger partial charge in [0.2, 0.25) is 0 Å². The average molecular weight is 342 g/mol. The van der Waals surface area contributed by atoms with Gasteiger partial charge in [-0.05, 0) is 22.0 Å². The van der Waals surface area contributed by atoms with E-state index >= 15 is 0 Å². The predicted molar refractivity (Wildman–Crippen MR) is 77.5 cm³/mol. The van der Waals surface area contributed by atoms with Gasteiger partial charge in [-0.3, -0.25) is 4.98 Å². The van der Waals surface area contributed by atoms with Gasteiger partial charge in [0.25, 0.3) is 0 Å². The molecule has 0 aliphatic rings. The Morgan fingerprint density at radius 1 is 1.53 bits per heavy atom. The van der Waals surface area contributed by atoms with Gasteiger partial charge in [0, 0.05) is 21.8 Å². The largest absolute Gasteiger partial charge is 0.464 e. The molecule has 19 heavy (non-hydrogen) atoms. The predicted octanol–water partition coefficient (Wildman–Crippen LogP) is 2.72. The summed E-state index contributed by atoms with van der Waals surface area (Å²) in [5, 5.41) is 2.03. The fourth-order valence-electron chi connectivity index (χ4n) is 1.49. The van der Waals surface area contributed by atoms with Crippen LogP contribution >= 0.6 is 27.3 Å². The van der Waals surface area contributed by atoms with Crippen molar-refractivity contribution >= 4 is 39.1 Å². The van der Waals surface area contributed by atoms with Gasteiger partial charge in [-0.2, -0.15) is 0 Å². The van der Waals surface area contributed by atoms with Crippen molar-refractivity contribution in [1.82, 2.24) is 9.97 Å². The molecule has 0 spiro atoms. The third-order valence-corrected chi connectivity index (χ3v) is 4.10. The van der Waals surface area contributed by atoms with Gasteiger partial charge in [0.05, 0.1) is 26.0 Å². The molecule has 0 radical (unpaired) electrons. The molecular formula is C12H12BrN3O2S. The summed E-state index contributed by atoms with van der Waals surface area (Å²) in [6.45, 7) is 0.704. The topological polar surface area (TPSA) is 55.3 Å². The maximum Gasteiger partial charge on any atom is 0.358 e. The number of hydrogen-bond acceptors (Lipinski definition) is 6. The number of carbonyl (C=O) groups is 1. The second-order valence-electron chi connectivity index (χ2n) is 3.84. The first-order valence-corrected chi connectivity index (χ1v) is 7.12. The van der Waals surface area contributed by atoms with Gasteiger partial charge >= 0.3 is 5.97 Å².